The van der Waals surface area contributed by atoms with Crippen LogP contribution < -0.4 is 4.74 Å². The van der Waals surface area contributed by atoms with Gasteiger partial charge in [-0.15, -0.1) is 0 Å². The highest BCUT2D eigenvalue weighted by atomic mass is 79.9. The lowest BCUT2D eigenvalue weighted by Gasteiger charge is -2.67. The molecule has 1 fully saturated rings. The molecule has 0 atom stereocenters. The summed E-state index contributed by atoms with van der Waals surface area (Å²) in [6.45, 7) is 12.2. The van der Waals surface area contributed by atoms with E-state index in [1.807, 2.05) is 19.9 Å². The van der Waals surface area contributed by atoms with Crippen LogP contribution in [-0.4, -0.2) is 12.1 Å². The first kappa shape index (κ1) is 20.1. The molecule has 136 valence electrons. The van der Waals surface area contributed by atoms with E-state index in [2.05, 4.69) is 44.0 Å². The minimum atomic E-state index is -0.668. The molecule has 2 rings (SSSR count). The molecule has 0 heterocycles. The summed E-state index contributed by atoms with van der Waals surface area (Å²) in [5.41, 5.74) is -0.762. The molecule has 0 aliphatic heterocycles. The molecule has 1 aromatic carbocycles. The predicted molar refractivity (Wildman–Crippen MR) is 100 cm³/mol. The lowest BCUT2D eigenvalue weighted by Crippen LogP contribution is -2.70. The van der Waals surface area contributed by atoms with Crippen molar-refractivity contribution in [2.75, 3.05) is 0 Å². The summed E-state index contributed by atoms with van der Waals surface area (Å²) in [6.07, 6.45) is -0.114. The van der Waals surface area contributed by atoms with Crippen LogP contribution in [0.2, 0.25) is 5.02 Å². The van der Waals surface area contributed by atoms with E-state index in [1.165, 1.54) is 0 Å². The Hall–Kier alpha value is -1.25. The lowest BCUT2D eigenvalue weighted by atomic mass is 9.39. The summed E-state index contributed by atoms with van der Waals surface area (Å²) in [5, 5.41) is 9.36. The second-order valence-electron chi connectivity index (χ2n) is 8.41. The molecule has 1 aromatic rings. The second-order valence-corrected chi connectivity index (χ2v) is 9.14. The zero-order valence-corrected chi connectivity index (χ0v) is 17.7. The number of nitrogens with zero attached hydrogens (tertiary/aromatic N) is 1. The molecule has 0 radical (unpaired) electrons. The fraction of sp³-hybridized carbons (Fsp3) is 0.579. The zero-order valence-electron chi connectivity index (χ0n) is 15.3. The van der Waals surface area contributed by atoms with Gasteiger partial charge in [-0.05, 0) is 31.9 Å². The molecule has 4 nitrogen and oxygen atoms in total. The molecule has 0 N–H and O–H groups in total. The van der Waals surface area contributed by atoms with Gasteiger partial charge in [0.15, 0.2) is 16.3 Å². The topological polar surface area (TPSA) is 59.3 Å². The first-order valence-corrected chi connectivity index (χ1v) is 9.12. The molecule has 0 unspecified atom stereocenters. The molecule has 0 aromatic heterocycles. The third kappa shape index (κ3) is 3.15. The van der Waals surface area contributed by atoms with Gasteiger partial charge in [-0.1, -0.05) is 39.3 Å². The Kier molecular flexibility index (Phi) is 5.20. The third-order valence-corrected chi connectivity index (χ3v) is 6.08. The van der Waals surface area contributed by atoms with E-state index in [9.17, 15) is 4.79 Å². The van der Waals surface area contributed by atoms with E-state index < -0.39 is 5.41 Å². The molecule has 0 bridgehead atoms. The summed E-state index contributed by atoms with van der Waals surface area (Å²) in [6, 6.07) is 7.11. The van der Waals surface area contributed by atoms with Gasteiger partial charge in [0.05, 0.1) is 16.0 Å². The van der Waals surface area contributed by atoms with Gasteiger partial charge in [0, 0.05) is 16.9 Å². The number of carbonyl (C=O) groups is 1. The molecule has 0 saturated heterocycles. The van der Waals surface area contributed by atoms with E-state index in [4.69, 9.17) is 25.4 Å². The summed E-state index contributed by atoms with van der Waals surface area (Å²) in [7, 11) is 0. The normalized spacial score (nSPS) is 24.0. The number of hydrogen-bond acceptors (Lipinski definition) is 4. The van der Waals surface area contributed by atoms with Crippen molar-refractivity contribution in [3.05, 3.63) is 28.8 Å². The van der Waals surface area contributed by atoms with Crippen LogP contribution in [0.1, 0.15) is 47.1 Å². The smallest absolute Gasteiger partial charge is 0.323 e. The number of benzene rings is 1. The number of halogens is 2. The Bertz CT molecular complexity index is 721. The lowest BCUT2D eigenvalue weighted by molar-refractivity contribution is -0.239. The Labute approximate surface area is 162 Å². The monoisotopic (exact) mass is 427 g/mol. The maximum absolute atomic E-state index is 12.3. The number of hydrogen-bond donors (Lipinski definition) is 0. The minimum absolute atomic E-state index is 0.0522. The fourth-order valence-corrected chi connectivity index (χ4v) is 5.93. The van der Waals surface area contributed by atoms with Gasteiger partial charge in [-0.2, -0.15) is 5.26 Å². The Morgan fingerprint density at radius 1 is 1.28 bits per heavy atom. The Morgan fingerprint density at radius 2 is 1.84 bits per heavy atom. The SMILES string of the molecule is CC(C)(C(=O)OBr)C1C(C)(C)C(Oc2ccc(C#N)c(Cl)c2)C1(C)C. The largest absolute Gasteiger partial charge is 0.489 e. The van der Waals surface area contributed by atoms with E-state index in [0.29, 0.717) is 16.3 Å². The quantitative estimate of drug-likeness (QED) is 0.633. The number of rotatable bonds is 4. The highest BCUT2D eigenvalue weighted by Gasteiger charge is 2.69. The van der Waals surface area contributed by atoms with Crippen LogP contribution in [0.4, 0.5) is 0 Å². The molecular formula is C19H23BrClNO3. The van der Waals surface area contributed by atoms with Gasteiger partial charge in [-0.25, -0.2) is 0 Å². The van der Waals surface area contributed by atoms with Crippen LogP contribution in [0.15, 0.2) is 18.2 Å². The minimum Gasteiger partial charge on any atom is -0.489 e. The second kappa shape index (κ2) is 6.48. The average molecular weight is 429 g/mol. The number of ether oxygens (including phenoxy) is 1. The zero-order chi connectivity index (χ0) is 19.2. The van der Waals surface area contributed by atoms with Crippen molar-refractivity contribution < 1.29 is 13.4 Å². The molecule has 1 aliphatic carbocycles. The van der Waals surface area contributed by atoms with Crippen LogP contribution in [0.25, 0.3) is 0 Å². The van der Waals surface area contributed by atoms with E-state index in [1.54, 1.807) is 18.2 Å². The molecular weight excluding hydrogens is 406 g/mol. The van der Waals surface area contributed by atoms with E-state index >= 15 is 0 Å². The Morgan fingerprint density at radius 3 is 2.28 bits per heavy atom. The summed E-state index contributed by atoms with van der Waals surface area (Å²) in [4.78, 5) is 12.3. The van der Waals surface area contributed by atoms with Crippen molar-refractivity contribution >= 4 is 33.8 Å². The molecule has 0 amide bonds. The van der Waals surface area contributed by atoms with Gasteiger partial charge in [-0.3, -0.25) is 4.79 Å². The highest BCUT2D eigenvalue weighted by molar-refractivity contribution is 9.06. The Balaban J connectivity index is 2.31. The van der Waals surface area contributed by atoms with Crippen molar-refractivity contribution in [3.8, 4) is 11.8 Å². The van der Waals surface area contributed by atoms with Crippen molar-refractivity contribution in [2.45, 2.75) is 47.6 Å². The van der Waals surface area contributed by atoms with E-state index in [-0.39, 0.29) is 28.8 Å². The molecule has 1 saturated carbocycles. The molecule has 25 heavy (non-hydrogen) atoms. The van der Waals surface area contributed by atoms with Gasteiger partial charge in [0.2, 0.25) is 0 Å². The summed E-state index contributed by atoms with van der Waals surface area (Å²) < 4.78 is 11.1. The van der Waals surface area contributed by atoms with Crippen molar-refractivity contribution in [2.24, 2.45) is 22.2 Å². The third-order valence-electron chi connectivity index (χ3n) is 5.47. The van der Waals surface area contributed by atoms with Crippen molar-refractivity contribution in [1.29, 1.82) is 5.26 Å². The van der Waals surface area contributed by atoms with Gasteiger partial charge in [0.1, 0.15) is 17.9 Å². The maximum atomic E-state index is 12.3. The van der Waals surface area contributed by atoms with Crippen LogP contribution in [0.3, 0.4) is 0 Å². The predicted octanol–water partition coefficient (Wildman–Crippen LogP) is 5.52. The van der Waals surface area contributed by atoms with E-state index in [0.717, 1.165) is 0 Å². The maximum Gasteiger partial charge on any atom is 0.323 e. The summed E-state index contributed by atoms with van der Waals surface area (Å²) in [5.74, 6) is 0.379. The first-order chi connectivity index (χ1) is 11.4. The molecule has 6 heteroatoms. The van der Waals surface area contributed by atoms with Gasteiger partial charge in [0.25, 0.3) is 0 Å². The van der Waals surface area contributed by atoms with Gasteiger partial charge < -0.3 is 8.57 Å². The summed E-state index contributed by atoms with van der Waals surface area (Å²) >= 11 is 8.92. The van der Waals surface area contributed by atoms with Crippen LogP contribution in [0.5, 0.6) is 5.75 Å². The fourth-order valence-electron chi connectivity index (χ4n) is 5.30. The van der Waals surface area contributed by atoms with Crippen LogP contribution >= 0.6 is 27.9 Å². The highest BCUT2D eigenvalue weighted by Crippen LogP contribution is 2.66. The van der Waals surface area contributed by atoms with Crippen molar-refractivity contribution in [3.63, 3.8) is 0 Å². The average Bonchev–Trinajstić information content (AvgIpc) is 2.50. The standard InChI is InChI=1S/C19H23BrClNO3/c1-17(2)14(19(5,6)16(23)25-20)18(3,4)15(17)24-12-8-7-11(10-22)13(21)9-12/h7-9,14-15H,1-6H3. The number of nitriles is 1. The molecule has 0 spiro atoms. The first-order valence-electron chi connectivity index (χ1n) is 8.10. The van der Waals surface area contributed by atoms with Crippen molar-refractivity contribution in [1.82, 2.24) is 0 Å². The van der Waals surface area contributed by atoms with Gasteiger partial charge >= 0.3 is 5.97 Å². The number of carbonyl (C=O) groups excluding carboxylic acids is 1. The van der Waals surface area contributed by atoms with Crippen LogP contribution in [0, 0.1) is 33.5 Å². The van der Waals surface area contributed by atoms with Crippen LogP contribution in [-0.2, 0) is 8.62 Å². The molecule has 1 aliphatic rings.